The lowest BCUT2D eigenvalue weighted by atomic mass is 10.1. The molecule has 2 aromatic carbocycles. The number of piperazine rings is 1. The van der Waals surface area contributed by atoms with Crippen molar-refractivity contribution < 1.29 is 9.50 Å². The van der Waals surface area contributed by atoms with Crippen LogP contribution in [0.2, 0.25) is 0 Å². The number of aliphatic hydroxyl groups excluding tert-OH is 1. The number of aryl methyl sites for hydroxylation is 2. The lowest BCUT2D eigenvalue weighted by molar-refractivity contribution is 0.189. The summed E-state index contributed by atoms with van der Waals surface area (Å²) in [5.74, 6) is 0.956. The molecule has 0 amide bonds. The Balaban J connectivity index is 1.38. The van der Waals surface area contributed by atoms with E-state index in [0.29, 0.717) is 29.4 Å². The lowest BCUT2D eigenvalue weighted by Gasteiger charge is -2.35. The molecule has 5 rings (SSSR count). The molecule has 0 unspecified atom stereocenters. The molecular formula is C26H30FN7O. The van der Waals surface area contributed by atoms with Gasteiger partial charge in [0.2, 0.25) is 0 Å². The van der Waals surface area contributed by atoms with Gasteiger partial charge in [-0.05, 0) is 42.8 Å². The molecule has 0 bridgehead atoms. The van der Waals surface area contributed by atoms with Gasteiger partial charge in [0, 0.05) is 63.1 Å². The van der Waals surface area contributed by atoms with E-state index in [0.717, 1.165) is 55.1 Å². The molecule has 2 aromatic heterocycles. The molecule has 0 spiro atoms. The van der Waals surface area contributed by atoms with Crippen LogP contribution in [0.15, 0.2) is 48.8 Å². The Bertz CT molecular complexity index is 1310. The average Bonchev–Trinajstić information content (AvgIpc) is 3.25. The number of aliphatic hydroxyl groups is 1. The molecular weight excluding hydrogens is 445 g/mol. The molecule has 1 fully saturated rings. The number of rotatable bonds is 7. The first kappa shape index (κ1) is 23.2. The second kappa shape index (κ2) is 9.97. The van der Waals surface area contributed by atoms with Gasteiger partial charge in [0.15, 0.2) is 17.3 Å². The Morgan fingerprint density at radius 3 is 2.51 bits per heavy atom. The zero-order valence-electron chi connectivity index (χ0n) is 20.1. The van der Waals surface area contributed by atoms with Crippen LogP contribution in [-0.2, 0) is 13.6 Å². The molecule has 0 atom stereocenters. The van der Waals surface area contributed by atoms with E-state index in [1.165, 1.54) is 6.07 Å². The van der Waals surface area contributed by atoms with Gasteiger partial charge in [-0.2, -0.15) is 0 Å². The predicted molar refractivity (Wildman–Crippen MR) is 136 cm³/mol. The molecule has 3 heterocycles. The van der Waals surface area contributed by atoms with E-state index in [-0.39, 0.29) is 12.4 Å². The summed E-state index contributed by atoms with van der Waals surface area (Å²) >= 11 is 0. The SMILES string of the molecule is Cc1ccc(CNc2nc(-c3ccc(N4CCN(CCO)CC4)cc3)nc3ncn(C)c23)c(F)c1. The van der Waals surface area contributed by atoms with Crippen LogP contribution >= 0.6 is 0 Å². The third-order valence-electron chi connectivity index (χ3n) is 6.51. The quantitative estimate of drug-likeness (QED) is 0.425. The van der Waals surface area contributed by atoms with E-state index in [1.54, 1.807) is 12.4 Å². The van der Waals surface area contributed by atoms with Crippen molar-refractivity contribution in [2.75, 3.05) is 49.5 Å². The first-order valence-electron chi connectivity index (χ1n) is 11.9. The Labute approximate surface area is 204 Å². The maximum Gasteiger partial charge on any atom is 0.183 e. The number of hydrogen-bond donors (Lipinski definition) is 2. The maximum atomic E-state index is 14.4. The van der Waals surface area contributed by atoms with E-state index >= 15 is 0 Å². The van der Waals surface area contributed by atoms with Gasteiger partial charge >= 0.3 is 0 Å². The fourth-order valence-electron chi connectivity index (χ4n) is 4.48. The molecule has 0 saturated carbocycles. The van der Waals surface area contributed by atoms with Crippen LogP contribution in [0, 0.1) is 12.7 Å². The molecule has 1 aliphatic rings. The summed E-state index contributed by atoms with van der Waals surface area (Å²) in [5.41, 5.74) is 4.89. The van der Waals surface area contributed by atoms with Crippen LogP contribution in [0.1, 0.15) is 11.1 Å². The van der Waals surface area contributed by atoms with Gasteiger partial charge in [0.05, 0.1) is 12.9 Å². The summed E-state index contributed by atoms with van der Waals surface area (Å²) in [6.07, 6.45) is 1.71. The molecule has 0 aliphatic carbocycles. The van der Waals surface area contributed by atoms with Crippen LogP contribution < -0.4 is 10.2 Å². The van der Waals surface area contributed by atoms with Crippen LogP contribution in [-0.4, -0.2) is 68.9 Å². The van der Waals surface area contributed by atoms with Crippen molar-refractivity contribution in [1.29, 1.82) is 0 Å². The third-order valence-corrected chi connectivity index (χ3v) is 6.51. The number of aromatic nitrogens is 4. The number of nitrogens with zero attached hydrogens (tertiary/aromatic N) is 6. The zero-order valence-corrected chi connectivity index (χ0v) is 20.1. The molecule has 182 valence electrons. The second-order valence-corrected chi connectivity index (χ2v) is 8.97. The van der Waals surface area contributed by atoms with E-state index in [4.69, 9.17) is 10.1 Å². The predicted octanol–water partition coefficient (Wildman–Crippen LogP) is 3.20. The normalized spacial score (nSPS) is 14.6. The standard InChI is InChI=1S/C26H30FN7O/c1-18-3-4-20(22(27)15-18)16-28-25-23-26(29-17-32(23)2)31-24(30-25)19-5-7-21(8-6-19)34-11-9-33(10-12-34)13-14-35/h3-8,15,17,35H,9-14,16H2,1-2H3,(H,28,30,31). The van der Waals surface area contributed by atoms with Crippen molar-refractivity contribution in [3.63, 3.8) is 0 Å². The first-order chi connectivity index (χ1) is 17.0. The van der Waals surface area contributed by atoms with Crippen molar-refractivity contribution in [2.45, 2.75) is 13.5 Å². The molecule has 2 N–H and O–H groups in total. The number of benzene rings is 2. The molecule has 35 heavy (non-hydrogen) atoms. The molecule has 8 nitrogen and oxygen atoms in total. The highest BCUT2D eigenvalue weighted by Crippen LogP contribution is 2.27. The number of fused-ring (bicyclic) bond motifs is 1. The van der Waals surface area contributed by atoms with E-state index < -0.39 is 0 Å². The van der Waals surface area contributed by atoms with Gasteiger partial charge in [0.25, 0.3) is 0 Å². The maximum absolute atomic E-state index is 14.4. The summed E-state index contributed by atoms with van der Waals surface area (Å²) in [7, 11) is 1.89. The van der Waals surface area contributed by atoms with Gasteiger partial charge in [-0.3, -0.25) is 4.90 Å². The summed E-state index contributed by atoms with van der Waals surface area (Å²) in [5, 5.41) is 12.4. The summed E-state index contributed by atoms with van der Waals surface area (Å²) < 4.78 is 16.2. The number of β-amino-alcohol motifs (C(OH)–C–C–N with tert-alkyl or cyclic N) is 1. The highest BCUT2D eigenvalue weighted by atomic mass is 19.1. The molecule has 1 aliphatic heterocycles. The molecule has 0 radical (unpaired) electrons. The number of imidazole rings is 1. The van der Waals surface area contributed by atoms with Gasteiger partial charge in [-0.25, -0.2) is 19.3 Å². The largest absolute Gasteiger partial charge is 0.395 e. The number of nitrogens with one attached hydrogen (secondary N) is 1. The summed E-state index contributed by atoms with van der Waals surface area (Å²) in [4.78, 5) is 18.5. The van der Waals surface area contributed by atoms with Crippen molar-refractivity contribution in [2.24, 2.45) is 7.05 Å². The Kier molecular flexibility index (Phi) is 6.61. The summed E-state index contributed by atoms with van der Waals surface area (Å²) in [6.45, 7) is 6.86. The average molecular weight is 476 g/mol. The second-order valence-electron chi connectivity index (χ2n) is 8.97. The molecule has 9 heteroatoms. The van der Waals surface area contributed by atoms with E-state index in [2.05, 4.69) is 37.2 Å². The highest BCUT2D eigenvalue weighted by Gasteiger charge is 2.18. The third kappa shape index (κ3) is 4.96. The van der Waals surface area contributed by atoms with Gasteiger partial charge < -0.3 is 19.9 Å². The minimum Gasteiger partial charge on any atom is -0.395 e. The Morgan fingerprint density at radius 2 is 1.80 bits per heavy atom. The minimum atomic E-state index is -0.235. The Hall–Kier alpha value is -3.56. The van der Waals surface area contributed by atoms with Gasteiger partial charge in [-0.1, -0.05) is 12.1 Å². The van der Waals surface area contributed by atoms with Crippen LogP contribution in [0.4, 0.5) is 15.9 Å². The van der Waals surface area contributed by atoms with Crippen molar-refractivity contribution >= 4 is 22.7 Å². The van der Waals surface area contributed by atoms with E-state index in [1.807, 2.05) is 36.7 Å². The van der Waals surface area contributed by atoms with Crippen LogP contribution in [0.3, 0.4) is 0 Å². The van der Waals surface area contributed by atoms with Gasteiger partial charge in [-0.15, -0.1) is 0 Å². The van der Waals surface area contributed by atoms with Crippen molar-refractivity contribution in [3.05, 3.63) is 65.7 Å². The van der Waals surface area contributed by atoms with E-state index in [9.17, 15) is 4.39 Å². The molecule has 1 saturated heterocycles. The van der Waals surface area contributed by atoms with Crippen molar-refractivity contribution in [1.82, 2.24) is 24.4 Å². The monoisotopic (exact) mass is 475 g/mol. The number of halogens is 1. The number of anilines is 2. The van der Waals surface area contributed by atoms with Crippen LogP contribution in [0.5, 0.6) is 0 Å². The fraction of sp³-hybridized carbons (Fsp3) is 0.346. The first-order valence-corrected chi connectivity index (χ1v) is 11.9. The minimum absolute atomic E-state index is 0.201. The van der Waals surface area contributed by atoms with Gasteiger partial charge in [0.1, 0.15) is 11.3 Å². The van der Waals surface area contributed by atoms with Crippen molar-refractivity contribution in [3.8, 4) is 11.4 Å². The fourth-order valence-corrected chi connectivity index (χ4v) is 4.48. The molecule has 4 aromatic rings. The van der Waals surface area contributed by atoms with Crippen LogP contribution in [0.25, 0.3) is 22.6 Å². The topological polar surface area (TPSA) is 82.3 Å². The highest BCUT2D eigenvalue weighted by molar-refractivity contribution is 5.85. The number of hydrogen-bond acceptors (Lipinski definition) is 7. The Morgan fingerprint density at radius 1 is 1.03 bits per heavy atom. The summed E-state index contributed by atoms with van der Waals surface area (Å²) in [6, 6.07) is 13.5. The lowest BCUT2D eigenvalue weighted by Crippen LogP contribution is -2.47. The smallest absolute Gasteiger partial charge is 0.183 e. The zero-order chi connectivity index (χ0) is 24.4.